The van der Waals surface area contributed by atoms with Crippen LogP contribution in [0.4, 0.5) is 0 Å². The van der Waals surface area contributed by atoms with Gasteiger partial charge in [0, 0.05) is 25.7 Å². The molecule has 540 valence electrons. The largest absolute Gasteiger partial charge is 0.472 e. The smallest absolute Gasteiger partial charge is 0.462 e. The SMILES string of the molecule is CCC(C)CCCCCCCCC(=O)OC[C@H](COP(=O)(O)OC[C@H](O)COP(=O)(O)OC[C@@H](COC(=O)CCCCCCCCCCCCCCC(C)C)OC(=O)CCCCCCCCCCCCCCC(C)C)OC(=O)CCCCCCCCCCC(C)C. The molecular formula is C72H140O17P2. The van der Waals surface area contributed by atoms with Gasteiger partial charge in [-0.15, -0.1) is 0 Å². The third kappa shape index (κ3) is 65.1. The van der Waals surface area contributed by atoms with Gasteiger partial charge in [-0.05, 0) is 49.4 Å². The van der Waals surface area contributed by atoms with Gasteiger partial charge in [-0.1, -0.05) is 306 Å². The summed E-state index contributed by atoms with van der Waals surface area (Å²) in [6.07, 6.45) is 44.5. The van der Waals surface area contributed by atoms with E-state index < -0.39 is 97.5 Å². The summed E-state index contributed by atoms with van der Waals surface area (Å²) >= 11 is 0. The van der Waals surface area contributed by atoms with Gasteiger partial charge in [0.15, 0.2) is 12.2 Å². The van der Waals surface area contributed by atoms with Gasteiger partial charge in [0.2, 0.25) is 0 Å². The fourth-order valence-corrected chi connectivity index (χ4v) is 12.4. The molecule has 0 saturated carbocycles. The van der Waals surface area contributed by atoms with Gasteiger partial charge in [-0.25, -0.2) is 9.13 Å². The molecule has 0 saturated heterocycles. The Kier molecular flexibility index (Phi) is 60.3. The summed E-state index contributed by atoms with van der Waals surface area (Å²) in [5.41, 5.74) is 0. The monoisotopic (exact) mass is 1340 g/mol. The Morgan fingerprint density at radius 1 is 0.308 bits per heavy atom. The lowest BCUT2D eigenvalue weighted by molar-refractivity contribution is -0.161. The van der Waals surface area contributed by atoms with Crippen molar-refractivity contribution in [3.63, 3.8) is 0 Å². The third-order valence-corrected chi connectivity index (χ3v) is 18.8. The molecule has 0 aromatic heterocycles. The van der Waals surface area contributed by atoms with Gasteiger partial charge in [0.1, 0.15) is 19.3 Å². The Morgan fingerprint density at radius 2 is 0.527 bits per heavy atom. The number of esters is 4. The predicted octanol–water partition coefficient (Wildman–Crippen LogP) is 20.5. The van der Waals surface area contributed by atoms with Crippen molar-refractivity contribution in [3.8, 4) is 0 Å². The number of aliphatic hydroxyl groups excluding tert-OH is 1. The first-order chi connectivity index (χ1) is 43.6. The number of aliphatic hydroxyl groups is 1. The Morgan fingerprint density at radius 3 is 0.780 bits per heavy atom. The van der Waals surface area contributed by atoms with Gasteiger partial charge >= 0.3 is 39.5 Å². The first-order valence-electron chi connectivity index (χ1n) is 37.2. The van der Waals surface area contributed by atoms with E-state index in [0.29, 0.717) is 25.7 Å². The van der Waals surface area contributed by atoms with E-state index in [1.54, 1.807) is 0 Å². The lowest BCUT2D eigenvalue weighted by Gasteiger charge is -2.21. The first kappa shape index (κ1) is 89.1. The average Bonchev–Trinajstić information content (AvgIpc) is 3.22. The van der Waals surface area contributed by atoms with E-state index in [1.807, 2.05) is 0 Å². The Hall–Kier alpha value is -1.94. The highest BCUT2D eigenvalue weighted by Crippen LogP contribution is 2.45. The molecule has 0 fully saturated rings. The molecule has 0 amide bonds. The molecule has 0 aliphatic carbocycles. The van der Waals surface area contributed by atoms with Gasteiger partial charge in [0.25, 0.3) is 0 Å². The van der Waals surface area contributed by atoms with Gasteiger partial charge in [-0.2, -0.15) is 0 Å². The Labute approximate surface area is 556 Å². The summed E-state index contributed by atoms with van der Waals surface area (Å²) in [7, 11) is -9.91. The molecule has 0 radical (unpaired) electrons. The zero-order chi connectivity index (χ0) is 67.5. The molecule has 0 spiro atoms. The maximum Gasteiger partial charge on any atom is 0.472 e. The summed E-state index contributed by atoms with van der Waals surface area (Å²) in [5, 5.41) is 10.6. The zero-order valence-electron chi connectivity index (χ0n) is 59.5. The number of hydrogen-bond donors (Lipinski definition) is 3. The summed E-state index contributed by atoms with van der Waals surface area (Å²) in [6, 6.07) is 0. The van der Waals surface area contributed by atoms with Crippen LogP contribution in [0.2, 0.25) is 0 Å². The molecule has 6 atom stereocenters. The molecule has 3 unspecified atom stereocenters. The van der Waals surface area contributed by atoms with Crippen molar-refractivity contribution in [2.45, 2.75) is 375 Å². The van der Waals surface area contributed by atoms with Crippen LogP contribution in [0.5, 0.6) is 0 Å². The Bertz CT molecular complexity index is 1800. The summed E-state index contributed by atoms with van der Waals surface area (Å²) in [5.74, 6) is 0.879. The van der Waals surface area contributed by atoms with E-state index in [4.69, 9.17) is 37.0 Å². The molecule has 0 heterocycles. The number of hydrogen-bond acceptors (Lipinski definition) is 15. The second-order valence-corrected chi connectivity index (χ2v) is 30.6. The van der Waals surface area contributed by atoms with Crippen molar-refractivity contribution in [1.82, 2.24) is 0 Å². The van der Waals surface area contributed by atoms with Crippen LogP contribution in [-0.2, 0) is 65.4 Å². The lowest BCUT2D eigenvalue weighted by atomic mass is 10.00. The molecule has 91 heavy (non-hydrogen) atoms. The molecule has 0 rings (SSSR count). The van der Waals surface area contributed by atoms with Gasteiger partial charge in [0.05, 0.1) is 26.4 Å². The highest BCUT2D eigenvalue weighted by molar-refractivity contribution is 7.47. The van der Waals surface area contributed by atoms with Crippen LogP contribution < -0.4 is 0 Å². The fraction of sp³-hybridized carbons (Fsp3) is 0.944. The highest BCUT2D eigenvalue weighted by atomic mass is 31.2. The number of phosphoric ester groups is 2. The lowest BCUT2D eigenvalue weighted by Crippen LogP contribution is -2.30. The topological polar surface area (TPSA) is 237 Å². The minimum absolute atomic E-state index is 0.103. The minimum atomic E-state index is -4.95. The molecule has 0 aromatic rings. The standard InChI is InChI=1S/C72H140O17P2/c1-9-65(8)51-43-35-30-31-37-45-53-70(75)83-59-68(89-72(77)55-47-39-29-23-22-26-34-42-50-64(6)7)61-87-91(80,81)85-57-66(73)56-84-90(78,79)86-60-67(88-71(76)54-46-38-28-21-17-13-11-15-19-25-33-41-49-63(4)5)58-82-69(74)52-44-36-27-20-16-12-10-14-18-24-32-40-48-62(2)3/h62-68,73H,9-61H2,1-8H3,(H,78,79)(H,80,81)/t65?,66-,67-,68-/m1/s1. The average molecular weight is 1340 g/mol. The van der Waals surface area contributed by atoms with E-state index in [0.717, 1.165) is 120 Å². The molecule has 0 bridgehead atoms. The van der Waals surface area contributed by atoms with Crippen LogP contribution in [0.3, 0.4) is 0 Å². The number of phosphoric acid groups is 2. The van der Waals surface area contributed by atoms with E-state index in [-0.39, 0.29) is 25.7 Å². The number of rotatable bonds is 69. The van der Waals surface area contributed by atoms with Crippen molar-refractivity contribution in [3.05, 3.63) is 0 Å². The van der Waals surface area contributed by atoms with Crippen LogP contribution in [0.15, 0.2) is 0 Å². The maximum atomic E-state index is 13.0. The van der Waals surface area contributed by atoms with Crippen LogP contribution in [-0.4, -0.2) is 96.7 Å². The van der Waals surface area contributed by atoms with Crippen LogP contribution in [0, 0.1) is 23.7 Å². The van der Waals surface area contributed by atoms with Crippen LogP contribution in [0.1, 0.15) is 357 Å². The number of unbranched alkanes of at least 4 members (excludes halogenated alkanes) is 34. The van der Waals surface area contributed by atoms with Gasteiger partial charge in [-0.3, -0.25) is 37.3 Å². The Balaban J connectivity index is 5.26. The van der Waals surface area contributed by atoms with Gasteiger partial charge < -0.3 is 33.8 Å². The molecule has 0 aromatic carbocycles. The van der Waals surface area contributed by atoms with Crippen molar-refractivity contribution in [1.29, 1.82) is 0 Å². The van der Waals surface area contributed by atoms with E-state index in [9.17, 15) is 43.2 Å². The van der Waals surface area contributed by atoms with Crippen LogP contribution >= 0.6 is 15.6 Å². The van der Waals surface area contributed by atoms with Crippen molar-refractivity contribution < 1.29 is 80.2 Å². The van der Waals surface area contributed by atoms with Crippen molar-refractivity contribution in [2.24, 2.45) is 23.7 Å². The zero-order valence-corrected chi connectivity index (χ0v) is 61.3. The third-order valence-electron chi connectivity index (χ3n) is 16.9. The second kappa shape index (κ2) is 61.6. The second-order valence-electron chi connectivity index (χ2n) is 27.6. The number of ether oxygens (including phenoxy) is 4. The highest BCUT2D eigenvalue weighted by Gasteiger charge is 2.30. The summed E-state index contributed by atoms with van der Waals surface area (Å²) in [6.45, 7) is 14.1. The fourth-order valence-electron chi connectivity index (χ4n) is 10.8. The van der Waals surface area contributed by atoms with E-state index in [2.05, 4.69) is 55.4 Å². The minimum Gasteiger partial charge on any atom is -0.462 e. The van der Waals surface area contributed by atoms with Crippen molar-refractivity contribution in [2.75, 3.05) is 39.6 Å². The number of carbonyl (C=O) groups excluding carboxylic acids is 4. The molecule has 19 heteroatoms. The quantitative estimate of drug-likeness (QED) is 0.0222. The van der Waals surface area contributed by atoms with Crippen LogP contribution in [0.25, 0.3) is 0 Å². The molecular weight excluding hydrogens is 1200 g/mol. The normalized spacial score (nSPS) is 14.5. The number of carbonyl (C=O) groups is 4. The molecule has 0 aliphatic rings. The molecule has 3 N–H and O–H groups in total. The van der Waals surface area contributed by atoms with Crippen molar-refractivity contribution >= 4 is 39.5 Å². The molecule has 0 aliphatic heterocycles. The molecule has 17 nitrogen and oxygen atoms in total. The summed E-state index contributed by atoms with van der Waals surface area (Å²) < 4.78 is 68.4. The van der Waals surface area contributed by atoms with E-state index in [1.165, 1.54) is 154 Å². The van der Waals surface area contributed by atoms with E-state index >= 15 is 0 Å². The predicted molar refractivity (Wildman–Crippen MR) is 367 cm³/mol. The first-order valence-corrected chi connectivity index (χ1v) is 40.2. The maximum absolute atomic E-state index is 13.0. The summed E-state index contributed by atoms with van der Waals surface area (Å²) in [4.78, 5) is 72.6.